The molecule has 2 atom stereocenters. The Kier molecular flexibility index (Phi) is 7.13. The molecule has 6 heteroatoms. The molecule has 1 amide bonds. The first-order chi connectivity index (χ1) is 12.0. The summed E-state index contributed by atoms with van der Waals surface area (Å²) in [5, 5.41) is 2.62. The van der Waals surface area contributed by atoms with E-state index in [2.05, 4.69) is 5.32 Å². The molecule has 0 fully saturated rings. The fourth-order valence-corrected chi connectivity index (χ4v) is 2.97. The number of carbonyl (C=O) groups excluding carboxylic acids is 1. The van der Waals surface area contributed by atoms with Crippen LogP contribution in [-0.2, 0) is 4.79 Å². The number of thioether (sulfide) groups is 1. The Morgan fingerprint density at radius 1 is 1.16 bits per heavy atom. The topological polar surface area (TPSA) is 47.6 Å². The van der Waals surface area contributed by atoms with E-state index in [4.69, 9.17) is 9.47 Å². The number of methoxy groups -OCH3 is 1. The Labute approximate surface area is 151 Å². The van der Waals surface area contributed by atoms with Crippen LogP contribution < -0.4 is 14.8 Å². The number of nitrogens with one attached hydrogen (secondary N) is 1. The molecule has 0 saturated carbocycles. The molecule has 0 aliphatic heterocycles. The lowest BCUT2D eigenvalue weighted by atomic mass is 10.3. The number of hydrogen-bond donors (Lipinski definition) is 1. The molecular formula is C19H22FNO3S. The Morgan fingerprint density at radius 2 is 1.84 bits per heavy atom. The molecule has 2 rings (SSSR count). The molecule has 0 heterocycles. The fourth-order valence-electron chi connectivity index (χ4n) is 2.09. The van der Waals surface area contributed by atoms with Gasteiger partial charge in [-0.25, -0.2) is 4.39 Å². The summed E-state index contributed by atoms with van der Waals surface area (Å²) < 4.78 is 24.0. The van der Waals surface area contributed by atoms with E-state index >= 15 is 0 Å². The molecule has 0 radical (unpaired) electrons. The molecule has 2 unspecified atom stereocenters. The monoisotopic (exact) mass is 363 g/mol. The minimum Gasteiger partial charge on any atom is -0.497 e. The molecule has 0 aliphatic carbocycles. The molecule has 134 valence electrons. The maximum atomic E-state index is 13.5. The summed E-state index contributed by atoms with van der Waals surface area (Å²) in [4.78, 5) is 13.3. The van der Waals surface area contributed by atoms with Gasteiger partial charge in [0.1, 0.15) is 12.4 Å². The average molecular weight is 363 g/mol. The number of carbonyl (C=O) groups is 1. The molecule has 2 aromatic rings. The standard InChI is InChI=1S/C19H22FNO3S/c1-13(12-24-18-7-5-4-6-17(18)20)21-19(22)14(2)25-16-10-8-15(23-3)9-11-16/h4-11,13-14H,12H2,1-3H3,(H,21,22). The molecule has 4 nitrogen and oxygen atoms in total. The molecular weight excluding hydrogens is 341 g/mol. The van der Waals surface area contributed by atoms with E-state index in [-0.39, 0.29) is 29.6 Å². The fraction of sp³-hybridized carbons (Fsp3) is 0.316. The first-order valence-corrected chi connectivity index (χ1v) is 8.86. The SMILES string of the molecule is COc1ccc(SC(C)C(=O)NC(C)COc2ccccc2F)cc1. The van der Waals surface area contributed by atoms with E-state index in [1.165, 1.54) is 17.8 Å². The number of halogens is 1. The predicted octanol–water partition coefficient (Wildman–Crippen LogP) is 3.90. The summed E-state index contributed by atoms with van der Waals surface area (Å²) in [7, 11) is 1.61. The Hall–Kier alpha value is -2.21. The molecule has 0 spiro atoms. The highest BCUT2D eigenvalue weighted by Crippen LogP contribution is 2.25. The Bertz CT molecular complexity index is 693. The summed E-state index contributed by atoms with van der Waals surface area (Å²) in [5.41, 5.74) is 0. The van der Waals surface area contributed by atoms with Crippen molar-refractivity contribution in [3.63, 3.8) is 0 Å². The van der Waals surface area contributed by atoms with Crippen molar-refractivity contribution in [3.8, 4) is 11.5 Å². The predicted molar refractivity (Wildman–Crippen MR) is 97.8 cm³/mol. The van der Waals surface area contributed by atoms with Crippen LogP contribution in [0.4, 0.5) is 4.39 Å². The number of benzene rings is 2. The van der Waals surface area contributed by atoms with Crippen LogP contribution in [0.2, 0.25) is 0 Å². The lowest BCUT2D eigenvalue weighted by Crippen LogP contribution is -2.40. The highest BCUT2D eigenvalue weighted by atomic mass is 32.2. The summed E-state index contributed by atoms with van der Waals surface area (Å²) in [6.45, 7) is 3.87. The van der Waals surface area contributed by atoms with Crippen molar-refractivity contribution in [2.75, 3.05) is 13.7 Å². The van der Waals surface area contributed by atoms with Crippen LogP contribution in [0, 0.1) is 5.82 Å². The van der Waals surface area contributed by atoms with Gasteiger partial charge in [0.25, 0.3) is 0 Å². The summed E-state index contributed by atoms with van der Waals surface area (Å²) in [6.07, 6.45) is 0. The van der Waals surface area contributed by atoms with E-state index in [1.807, 2.05) is 38.1 Å². The maximum Gasteiger partial charge on any atom is 0.233 e. The number of para-hydroxylation sites is 1. The minimum atomic E-state index is -0.413. The summed E-state index contributed by atoms with van der Waals surface area (Å²) >= 11 is 1.46. The highest BCUT2D eigenvalue weighted by Gasteiger charge is 2.17. The third-order valence-corrected chi connectivity index (χ3v) is 4.57. The maximum absolute atomic E-state index is 13.5. The van der Waals surface area contributed by atoms with Crippen molar-refractivity contribution >= 4 is 17.7 Å². The van der Waals surface area contributed by atoms with Crippen molar-refractivity contribution in [2.45, 2.75) is 30.0 Å². The van der Waals surface area contributed by atoms with Gasteiger partial charge in [0, 0.05) is 4.90 Å². The molecule has 0 saturated heterocycles. The molecule has 0 aromatic heterocycles. The van der Waals surface area contributed by atoms with Crippen LogP contribution in [-0.4, -0.2) is 30.9 Å². The zero-order valence-electron chi connectivity index (χ0n) is 14.5. The van der Waals surface area contributed by atoms with Crippen molar-refractivity contribution in [1.29, 1.82) is 0 Å². The van der Waals surface area contributed by atoms with E-state index in [0.29, 0.717) is 0 Å². The van der Waals surface area contributed by atoms with Gasteiger partial charge in [-0.2, -0.15) is 0 Å². The summed E-state index contributed by atoms with van der Waals surface area (Å²) in [6, 6.07) is 13.5. The van der Waals surface area contributed by atoms with E-state index in [0.717, 1.165) is 10.6 Å². The first kappa shape index (κ1) is 19.1. The van der Waals surface area contributed by atoms with Gasteiger partial charge in [0.05, 0.1) is 18.4 Å². The van der Waals surface area contributed by atoms with Gasteiger partial charge in [-0.1, -0.05) is 12.1 Å². The smallest absolute Gasteiger partial charge is 0.233 e. The zero-order chi connectivity index (χ0) is 18.2. The second-order valence-electron chi connectivity index (χ2n) is 5.59. The van der Waals surface area contributed by atoms with Gasteiger partial charge in [0.15, 0.2) is 11.6 Å². The van der Waals surface area contributed by atoms with Gasteiger partial charge >= 0.3 is 0 Å². The third kappa shape index (κ3) is 5.98. The Morgan fingerprint density at radius 3 is 2.48 bits per heavy atom. The van der Waals surface area contributed by atoms with Gasteiger partial charge < -0.3 is 14.8 Å². The molecule has 0 bridgehead atoms. The minimum absolute atomic E-state index is 0.0922. The highest BCUT2D eigenvalue weighted by molar-refractivity contribution is 8.00. The van der Waals surface area contributed by atoms with Crippen LogP contribution in [0.15, 0.2) is 53.4 Å². The van der Waals surface area contributed by atoms with Crippen molar-refractivity contribution in [3.05, 3.63) is 54.3 Å². The first-order valence-electron chi connectivity index (χ1n) is 7.98. The average Bonchev–Trinajstić information content (AvgIpc) is 2.61. The van der Waals surface area contributed by atoms with Gasteiger partial charge in [0.2, 0.25) is 5.91 Å². The van der Waals surface area contributed by atoms with E-state index in [1.54, 1.807) is 25.3 Å². The number of hydrogen-bond acceptors (Lipinski definition) is 4. The lowest BCUT2D eigenvalue weighted by Gasteiger charge is -2.18. The van der Waals surface area contributed by atoms with Gasteiger partial charge in [-0.3, -0.25) is 4.79 Å². The number of rotatable bonds is 8. The third-order valence-electron chi connectivity index (χ3n) is 3.46. The van der Waals surface area contributed by atoms with Crippen LogP contribution >= 0.6 is 11.8 Å². The second-order valence-corrected chi connectivity index (χ2v) is 7.00. The van der Waals surface area contributed by atoms with Crippen molar-refractivity contribution in [1.82, 2.24) is 5.32 Å². The normalized spacial score (nSPS) is 13.0. The number of ether oxygens (including phenoxy) is 2. The van der Waals surface area contributed by atoms with E-state index in [9.17, 15) is 9.18 Å². The second kappa shape index (κ2) is 9.32. The van der Waals surface area contributed by atoms with E-state index < -0.39 is 5.82 Å². The van der Waals surface area contributed by atoms with Crippen molar-refractivity contribution < 1.29 is 18.7 Å². The zero-order valence-corrected chi connectivity index (χ0v) is 15.3. The van der Waals surface area contributed by atoms with Crippen LogP contribution in [0.1, 0.15) is 13.8 Å². The van der Waals surface area contributed by atoms with Crippen LogP contribution in [0.3, 0.4) is 0 Å². The van der Waals surface area contributed by atoms with Crippen LogP contribution in [0.5, 0.6) is 11.5 Å². The van der Waals surface area contributed by atoms with Gasteiger partial charge in [-0.15, -0.1) is 11.8 Å². The molecule has 0 aliphatic rings. The largest absolute Gasteiger partial charge is 0.497 e. The number of amides is 1. The molecule has 25 heavy (non-hydrogen) atoms. The quantitative estimate of drug-likeness (QED) is 0.723. The van der Waals surface area contributed by atoms with Crippen LogP contribution in [0.25, 0.3) is 0 Å². The Balaban J connectivity index is 1.80. The van der Waals surface area contributed by atoms with Gasteiger partial charge in [-0.05, 0) is 50.2 Å². The lowest BCUT2D eigenvalue weighted by molar-refractivity contribution is -0.121. The molecule has 2 aromatic carbocycles. The molecule has 1 N–H and O–H groups in total. The summed E-state index contributed by atoms with van der Waals surface area (Å²) in [5.74, 6) is 0.458. The van der Waals surface area contributed by atoms with Crippen molar-refractivity contribution in [2.24, 2.45) is 0 Å².